The number of phosphoric ester groups is 1. The number of hydrogen-bond donors (Lipinski definition) is 1. The van der Waals surface area contributed by atoms with Crippen LogP contribution in [0.5, 0.6) is 5.75 Å². The van der Waals surface area contributed by atoms with Crippen molar-refractivity contribution in [3.05, 3.63) is 197 Å². The zero-order chi connectivity index (χ0) is 38.1. The first-order chi connectivity index (χ1) is 28.0. The van der Waals surface area contributed by atoms with Crippen molar-refractivity contribution in [3.8, 4) is 39.1 Å². The number of hydrogen-bond acceptors (Lipinski definition) is 3. The lowest BCUT2D eigenvalue weighted by Crippen LogP contribution is -2.35. The Labute approximate surface area is 333 Å². The third-order valence-electron chi connectivity index (χ3n) is 12.7. The van der Waals surface area contributed by atoms with Gasteiger partial charge < -0.3 is 4.52 Å². The third kappa shape index (κ3) is 6.11. The van der Waals surface area contributed by atoms with E-state index in [0.717, 1.165) is 75.8 Å². The van der Waals surface area contributed by atoms with Crippen LogP contribution in [0.3, 0.4) is 0 Å². The fourth-order valence-electron chi connectivity index (χ4n) is 9.90. The summed E-state index contributed by atoms with van der Waals surface area (Å²) in [4.78, 5) is 11.7. The number of aryl methyl sites for hydroxylation is 1. The Morgan fingerprint density at radius 2 is 1.11 bits per heavy atom. The maximum absolute atomic E-state index is 14.3. The Morgan fingerprint density at radius 1 is 0.544 bits per heavy atom. The van der Waals surface area contributed by atoms with Gasteiger partial charge >= 0.3 is 7.82 Å². The van der Waals surface area contributed by atoms with Crippen molar-refractivity contribution in [2.75, 3.05) is 0 Å². The molecular formula is C52H41O4P. The summed E-state index contributed by atoms with van der Waals surface area (Å²) in [6, 6.07) is 58.0. The molecule has 278 valence electrons. The van der Waals surface area contributed by atoms with Crippen LogP contribution in [-0.4, -0.2) is 11.0 Å². The second kappa shape index (κ2) is 13.7. The zero-order valence-electron chi connectivity index (χ0n) is 31.5. The van der Waals surface area contributed by atoms with Gasteiger partial charge in [-0.1, -0.05) is 146 Å². The van der Waals surface area contributed by atoms with Crippen molar-refractivity contribution in [3.63, 3.8) is 0 Å². The predicted octanol–water partition coefficient (Wildman–Crippen LogP) is 13.2. The van der Waals surface area contributed by atoms with E-state index in [4.69, 9.17) is 9.05 Å². The lowest BCUT2D eigenvalue weighted by molar-refractivity contribution is 0.107. The highest BCUT2D eigenvalue weighted by atomic mass is 31.2. The van der Waals surface area contributed by atoms with E-state index in [9.17, 15) is 9.46 Å². The Hall–Kier alpha value is -5.77. The Kier molecular flexibility index (Phi) is 8.29. The molecule has 1 heterocycles. The normalized spacial score (nSPS) is 21.1. The molecule has 11 rings (SSSR count). The average molecular weight is 761 g/mol. The van der Waals surface area contributed by atoms with Gasteiger partial charge in [-0.3, -0.25) is 9.42 Å². The number of fused-ring (bicyclic) bond motifs is 9. The summed E-state index contributed by atoms with van der Waals surface area (Å²) in [6.07, 6.45) is 4.12. The van der Waals surface area contributed by atoms with E-state index in [0.29, 0.717) is 12.2 Å². The minimum atomic E-state index is -4.57. The quantitative estimate of drug-likeness (QED) is 0.182. The van der Waals surface area contributed by atoms with Gasteiger partial charge in [0.15, 0.2) is 0 Å². The summed E-state index contributed by atoms with van der Waals surface area (Å²) in [5.41, 5.74) is 13.4. The molecule has 0 saturated heterocycles. The third-order valence-corrected chi connectivity index (χ3v) is 13.6. The van der Waals surface area contributed by atoms with Crippen LogP contribution in [0.1, 0.15) is 58.1 Å². The minimum Gasteiger partial charge on any atom is -0.403 e. The summed E-state index contributed by atoms with van der Waals surface area (Å²) >= 11 is 0. The monoisotopic (exact) mass is 760 g/mol. The van der Waals surface area contributed by atoms with Crippen LogP contribution in [0.4, 0.5) is 0 Å². The van der Waals surface area contributed by atoms with Crippen molar-refractivity contribution in [2.45, 2.75) is 50.0 Å². The van der Waals surface area contributed by atoms with Crippen LogP contribution >= 0.6 is 7.82 Å². The second-order valence-corrected chi connectivity index (χ2v) is 17.3. The molecule has 0 saturated carbocycles. The second-order valence-electron chi connectivity index (χ2n) is 16.0. The minimum absolute atomic E-state index is 0.172. The lowest BCUT2D eigenvalue weighted by atomic mass is 9.67. The van der Waals surface area contributed by atoms with E-state index in [-0.39, 0.29) is 11.8 Å². The molecule has 2 unspecified atom stereocenters. The Bertz CT molecular complexity index is 2900. The van der Waals surface area contributed by atoms with Crippen LogP contribution in [0.25, 0.3) is 54.9 Å². The first-order valence-corrected chi connectivity index (χ1v) is 21.6. The molecule has 0 radical (unpaired) electrons. The van der Waals surface area contributed by atoms with Crippen molar-refractivity contribution >= 4 is 29.4 Å². The zero-order valence-corrected chi connectivity index (χ0v) is 32.4. The Balaban J connectivity index is 1.04. The van der Waals surface area contributed by atoms with Crippen LogP contribution in [0.2, 0.25) is 0 Å². The van der Waals surface area contributed by atoms with Gasteiger partial charge in [0.2, 0.25) is 0 Å². The predicted molar refractivity (Wildman–Crippen MR) is 231 cm³/mol. The molecule has 8 aromatic rings. The van der Waals surface area contributed by atoms with E-state index >= 15 is 0 Å². The molecule has 0 aromatic heterocycles. The molecule has 8 aromatic carbocycles. The van der Waals surface area contributed by atoms with Crippen LogP contribution < -0.4 is 4.52 Å². The van der Waals surface area contributed by atoms with Crippen molar-refractivity contribution in [1.82, 2.24) is 0 Å². The Morgan fingerprint density at radius 3 is 1.79 bits per heavy atom. The molecular weight excluding hydrogens is 720 g/mol. The highest BCUT2D eigenvalue weighted by Crippen LogP contribution is 2.62. The topological polar surface area (TPSA) is 55.8 Å². The number of rotatable bonds is 4. The van der Waals surface area contributed by atoms with Gasteiger partial charge in [0.05, 0.1) is 6.10 Å². The van der Waals surface area contributed by atoms with Gasteiger partial charge in [0.25, 0.3) is 0 Å². The number of phosphoric acid groups is 1. The average Bonchev–Trinajstić information content (AvgIpc) is 3.39. The van der Waals surface area contributed by atoms with Gasteiger partial charge in [0.1, 0.15) is 5.75 Å². The van der Waals surface area contributed by atoms with Crippen molar-refractivity contribution in [1.29, 1.82) is 0 Å². The summed E-state index contributed by atoms with van der Waals surface area (Å²) < 4.78 is 27.1. The van der Waals surface area contributed by atoms with E-state index in [1.807, 2.05) is 0 Å². The molecule has 0 spiro atoms. The summed E-state index contributed by atoms with van der Waals surface area (Å²) in [6.45, 7) is 0. The molecule has 1 N–H and O–H groups in total. The van der Waals surface area contributed by atoms with Crippen molar-refractivity contribution < 1.29 is 18.5 Å². The molecule has 5 heteroatoms. The van der Waals surface area contributed by atoms with E-state index in [2.05, 4.69) is 164 Å². The van der Waals surface area contributed by atoms with Gasteiger partial charge in [-0.05, 0) is 127 Å². The maximum Gasteiger partial charge on any atom is 0.527 e. The highest BCUT2D eigenvalue weighted by Gasteiger charge is 2.49. The first kappa shape index (κ1) is 34.5. The fourth-order valence-corrected chi connectivity index (χ4v) is 10.9. The molecule has 0 bridgehead atoms. The van der Waals surface area contributed by atoms with E-state index in [1.54, 1.807) is 0 Å². The summed E-state index contributed by atoms with van der Waals surface area (Å²) in [5, 5.41) is 4.84. The lowest BCUT2D eigenvalue weighted by Gasteiger charge is -2.39. The maximum atomic E-state index is 14.3. The largest absolute Gasteiger partial charge is 0.527 e. The SMILES string of the molecule is O=P1(O)Oc2c(-c3ccc(-c4ccc5ccccc5c4)cc3)cc3c(c2[C@H]2c4ccccc4CC(c4ccc(-c5ccc6ccccc6c5)cc4)[C@H]2O1)CCCC3. The van der Waals surface area contributed by atoms with Gasteiger partial charge in [0, 0.05) is 23.0 Å². The molecule has 2 aliphatic carbocycles. The highest BCUT2D eigenvalue weighted by molar-refractivity contribution is 7.47. The molecule has 3 aliphatic rings. The van der Waals surface area contributed by atoms with Crippen LogP contribution in [-0.2, 0) is 28.4 Å². The standard InChI is InChI=1S/C52H41O4P/c53-57(54)55-51-47(37-23-17-35(18-24-37)41-27-21-33-9-1-3-11-39(33)29-41)31-43-13-5-7-15-45(43)49(51)50-46-16-8-6-14-44(46)32-48(52(50)56-57)38-25-19-36(20-26-38)42-28-22-34-10-2-4-12-40(34)30-42/h1-5,7,9-13,15,17-30,32,47,49,51H,6,8,14,16,31H2,(H,53,54)/t47?,49-,51-/m1/s1. The molecule has 57 heavy (non-hydrogen) atoms. The molecule has 4 nitrogen and oxygen atoms in total. The van der Waals surface area contributed by atoms with Crippen molar-refractivity contribution in [2.24, 2.45) is 0 Å². The molecule has 0 amide bonds. The smallest absolute Gasteiger partial charge is 0.403 e. The van der Waals surface area contributed by atoms with Gasteiger partial charge in [-0.25, -0.2) is 4.57 Å². The summed E-state index contributed by atoms with van der Waals surface area (Å²) in [7, 11) is -4.57. The van der Waals surface area contributed by atoms with E-state index in [1.165, 1.54) is 38.2 Å². The summed E-state index contributed by atoms with van der Waals surface area (Å²) in [5.74, 6) is 0.0195. The molecule has 0 fully saturated rings. The van der Waals surface area contributed by atoms with Gasteiger partial charge in [-0.15, -0.1) is 0 Å². The fraction of sp³-hybridized carbons (Fsp3) is 0.154. The van der Waals surface area contributed by atoms with Crippen LogP contribution in [0.15, 0.2) is 164 Å². The van der Waals surface area contributed by atoms with E-state index < -0.39 is 13.9 Å². The number of benzene rings is 8. The molecule has 1 aliphatic heterocycles. The molecule has 4 atom stereocenters. The van der Waals surface area contributed by atoms with Crippen LogP contribution in [0, 0.1) is 0 Å². The first-order valence-electron chi connectivity index (χ1n) is 20.1. The van der Waals surface area contributed by atoms with Gasteiger partial charge in [-0.2, -0.15) is 0 Å².